The Morgan fingerprint density at radius 2 is 2.00 bits per heavy atom. The Kier molecular flexibility index (Phi) is 5.19. The summed E-state index contributed by atoms with van der Waals surface area (Å²) in [6, 6.07) is 6.23. The van der Waals surface area contributed by atoms with E-state index in [4.69, 9.17) is 4.74 Å². The van der Waals surface area contributed by atoms with Crippen LogP contribution in [0.3, 0.4) is 0 Å². The molecule has 3 nitrogen and oxygen atoms in total. The minimum atomic E-state index is 0.241. The molecule has 0 aromatic heterocycles. The standard InChI is InChI=1S/C17H24BrNO2/c18-15-5-6-17-14(7-15)8-16(21-17)10-19-9-12-3-1-2-4-13(12)11-20/h5-7,12-13,16,19-20H,1-4,8-11H2. The highest BCUT2D eigenvalue weighted by molar-refractivity contribution is 9.10. The molecular formula is C17H24BrNO2. The predicted molar refractivity (Wildman–Crippen MR) is 87.7 cm³/mol. The van der Waals surface area contributed by atoms with Gasteiger partial charge in [-0.1, -0.05) is 28.8 Å². The van der Waals surface area contributed by atoms with Crippen molar-refractivity contribution in [1.29, 1.82) is 0 Å². The van der Waals surface area contributed by atoms with Gasteiger partial charge in [-0.15, -0.1) is 0 Å². The van der Waals surface area contributed by atoms with Crippen molar-refractivity contribution in [3.63, 3.8) is 0 Å². The first-order chi connectivity index (χ1) is 10.3. The molecule has 2 N–H and O–H groups in total. The third kappa shape index (κ3) is 3.79. The summed E-state index contributed by atoms with van der Waals surface area (Å²) in [4.78, 5) is 0. The number of benzene rings is 1. The lowest BCUT2D eigenvalue weighted by Gasteiger charge is -2.30. The maximum atomic E-state index is 9.46. The molecule has 1 aliphatic carbocycles. The second-order valence-electron chi connectivity index (χ2n) is 6.34. The van der Waals surface area contributed by atoms with Crippen LogP contribution in [0.1, 0.15) is 31.2 Å². The number of nitrogens with one attached hydrogen (secondary N) is 1. The van der Waals surface area contributed by atoms with E-state index in [1.807, 2.05) is 12.1 Å². The number of fused-ring (bicyclic) bond motifs is 1. The summed E-state index contributed by atoms with van der Waals surface area (Å²) in [5.74, 6) is 2.14. The van der Waals surface area contributed by atoms with Crippen LogP contribution in [0.4, 0.5) is 0 Å². The maximum Gasteiger partial charge on any atom is 0.123 e. The first kappa shape index (κ1) is 15.3. The van der Waals surface area contributed by atoms with Crippen molar-refractivity contribution >= 4 is 15.9 Å². The molecule has 1 heterocycles. The number of hydrogen-bond acceptors (Lipinski definition) is 3. The topological polar surface area (TPSA) is 41.5 Å². The molecule has 116 valence electrons. The molecule has 1 aromatic carbocycles. The molecule has 3 rings (SSSR count). The molecule has 2 aliphatic rings. The first-order valence-electron chi connectivity index (χ1n) is 8.03. The highest BCUT2D eigenvalue weighted by Gasteiger charge is 2.26. The van der Waals surface area contributed by atoms with Gasteiger partial charge < -0.3 is 15.2 Å². The predicted octanol–water partition coefficient (Wildman–Crippen LogP) is 3.14. The Morgan fingerprint density at radius 1 is 1.19 bits per heavy atom. The third-order valence-electron chi connectivity index (χ3n) is 4.84. The van der Waals surface area contributed by atoms with Crippen LogP contribution in [-0.2, 0) is 6.42 Å². The second-order valence-corrected chi connectivity index (χ2v) is 7.26. The fourth-order valence-corrected chi connectivity index (χ4v) is 4.03. The van der Waals surface area contributed by atoms with Crippen molar-refractivity contribution in [3.8, 4) is 5.75 Å². The van der Waals surface area contributed by atoms with E-state index >= 15 is 0 Å². The summed E-state index contributed by atoms with van der Waals surface area (Å²) in [7, 11) is 0. The largest absolute Gasteiger partial charge is 0.488 e. The van der Waals surface area contributed by atoms with E-state index in [1.54, 1.807) is 0 Å². The molecule has 3 unspecified atom stereocenters. The Bertz CT molecular complexity index is 480. The van der Waals surface area contributed by atoms with Crippen LogP contribution < -0.4 is 10.1 Å². The average molecular weight is 354 g/mol. The number of halogens is 1. The molecular weight excluding hydrogens is 330 g/mol. The summed E-state index contributed by atoms with van der Waals surface area (Å²) in [6.07, 6.45) is 6.24. The van der Waals surface area contributed by atoms with E-state index in [0.717, 1.165) is 29.7 Å². The number of aliphatic hydroxyl groups excluding tert-OH is 1. The lowest BCUT2D eigenvalue weighted by atomic mass is 9.79. The van der Waals surface area contributed by atoms with Crippen molar-refractivity contribution in [1.82, 2.24) is 5.32 Å². The Labute approximate surface area is 135 Å². The molecule has 1 aromatic rings. The summed E-state index contributed by atoms with van der Waals surface area (Å²) in [5, 5.41) is 13.0. The van der Waals surface area contributed by atoms with Crippen molar-refractivity contribution in [2.24, 2.45) is 11.8 Å². The zero-order chi connectivity index (χ0) is 14.7. The molecule has 0 radical (unpaired) electrons. The van der Waals surface area contributed by atoms with E-state index in [9.17, 15) is 5.11 Å². The average Bonchev–Trinajstić information content (AvgIpc) is 2.89. The van der Waals surface area contributed by atoms with Gasteiger partial charge in [-0.3, -0.25) is 0 Å². The Morgan fingerprint density at radius 3 is 2.81 bits per heavy atom. The van der Waals surface area contributed by atoms with Gasteiger partial charge in [-0.25, -0.2) is 0 Å². The minimum Gasteiger partial charge on any atom is -0.488 e. The van der Waals surface area contributed by atoms with Crippen LogP contribution in [0.2, 0.25) is 0 Å². The highest BCUT2D eigenvalue weighted by Crippen LogP contribution is 2.31. The van der Waals surface area contributed by atoms with Crippen LogP contribution in [0.15, 0.2) is 22.7 Å². The first-order valence-corrected chi connectivity index (χ1v) is 8.82. The van der Waals surface area contributed by atoms with Gasteiger partial charge in [-0.2, -0.15) is 0 Å². The Balaban J connectivity index is 1.44. The molecule has 1 aliphatic heterocycles. The molecule has 0 saturated heterocycles. The van der Waals surface area contributed by atoms with Crippen LogP contribution in [0.5, 0.6) is 5.75 Å². The van der Waals surface area contributed by atoms with Crippen LogP contribution in [0, 0.1) is 11.8 Å². The van der Waals surface area contributed by atoms with Crippen LogP contribution >= 0.6 is 15.9 Å². The van der Waals surface area contributed by atoms with E-state index in [2.05, 4.69) is 27.3 Å². The maximum absolute atomic E-state index is 9.46. The molecule has 0 spiro atoms. The fourth-order valence-electron chi connectivity index (χ4n) is 3.63. The van der Waals surface area contributed by atoms with Gasteiger partial charge in [0.1, 0.15) is 11.9 Å². The van der Waals surface area contributed by atoms with Crippen molar-refractivity contribution in [2.45, 2.75) is 38.2 Å². The monoisotopic (exact) mass is 353 g/mol. The van der Waals surface area contributed by atoms with Crippen molar-refractivity contribution in [2.75, 3.05) is 19.7 Å². The molecule has 3 atom stereocenters. The highest BCUT2D eigenvalue weighted by atomic mass is 79.9. The van der Waals surface area contributed by atoms with E-state index in [-0.39, 0.29) is 6.10 Å². The molecule has 4 heteroatoms. The quantitative estimate of drug-likeness (QED) is 0.854. The second kappa shape index (κ2) is 7.12. The summed E-state index contributed by atoms with van der Waals surface area (Å²) in [6.45, 7) is 2.23. The van der Waals surface area contributed by atoms with Gasteiger partial charge >= 0.3 is 0 Å². The molecule has 1 fully saturated rings. The van der Waals surface area contributed by atoms with Crippen molar-refractivity contribution in [3.05, 3.63) is 28.2 Å². The van der Waals surface area contributed by atoms with Gasteiger partial charge in [0.25, 0.3) is 0 Å². The summed E-state index contributed by atoms with van der Waals surface area (Å²) in [5.41, 5.74) is 1.29. The molecule has 0 bridgehead atoms. The van der Waals surface area contributed by atoms with Gasteiger partial charge in [0.2, 0.25) is 0 Å². The summed E-state index contributed by atoms with van der Waals surface area (Å²) < 4.78 is 7.09. The Hall–Kier alpha value is -0.580. The van der Waals surface area contributed by atoms with Gasteiger partial charge in [0, 0.05) is 24.0 Å². The van der Waals surface area contributed by atoms with E-state index in [1.165, 1.54) is 31.2 Å². The number of hydrogen-bond donors (Lipinski definition) is 2. The normalized spacial score (nSPS) is 28.2. The van der Waals surface area contributed by atoms with Gasteiger partial charge in [0.15, 0.2) is 0 Å². The zero-order valence-electron chi connectivity index (χ0n) is 12.4. The number of ether oxygens (including phenoxy) is 1. The van der Waals surface area contributed by atoms with E-state index in [0.29, 0.717) is 18.4 Å². The van der Waals surface area contributed by atoms with Gasteiger partial charge in [0.05, 0.1) is 0 Å². The SMILES string of the molecule is OCC1CCCCC1CNCC1Cc2cc(Br)ccc2O1. The fraction of sp³-hybridized carbons (Fsp3) is 0.647. The molecule has 0 amide bonds. The minimum absolute atomic E-state index is 0.241. The third-order valence-corrected chi connectivity index (χ3v) is 5.34. The smallest absolute Gasteiger partial charge is 0.123 e. The molecule has 1 saturated carbocycles. The lowest BCUT2D eigenvalue weighted by molar-refractivity contribution is 0.130. The van der Waals surface area contributed by atoms with Gasteiger partial charge in [-0.05, 0) is 55.0 Å². The number of rotatable bonds is 5. The summed E-state index contributed by atoms with van der Waals surface area (Å²) >= 11 is 3.51. The van der Waals surface area contributed by atoms with E-state index < -0.39 is 0 Å². The van der Waals surface area contributed by atoms with Crippen molar-refractivity contribution < 1.29 is 9.84 Å². The lowest BCUT2D eigenvalue weighted by Crippen LogP contribution is -2.37. The van der Waals surface area contributed by atoms with Crippen LogP contribution in [-0.4, -0.2) is 30.9 Å². The van der Waals surface area contributed by atoms with Crippen LogP contribution in [0.25, 0.3) is 0 Å². The number of aliphatic hydroxyl groups is 1. The zero-order valence-corrected chi connectivity index (χ0v) is 13.9. The molecule has 21 heavy (non-hydrogen) atoms.